The summed E-state index contributed by atoms with van der Waals surface area (Å²) in [5.74, 6) is 1.00. The van der Waals surface area contributed by atoms with Gasteiger partial charge in [0.1, 0.15) is 0 Å². The molecule has 2 amide bonds. The van der Waals surface area contributed by atoms with Gasteiger partial charge in [-0.3, -0.25) is 5.10 Å². The van der Waals surface area contributed by atoms with Gasteiger partial charge in [-0.25, -0.2) is 9.78 Å². The highest BCUT2D eigenvalue weighted by atomic mass is 16.5. The van der Waals surface area contributed by atoms with Crippen molar-refractivity contribution < 1.29 is 9.53 Å². The molecular formula is C15H20N6O2. The van der Waals surface area contributed by atoms with Crippen LogP contribution < -0.4 is 10.1 Å². The van der Waals surface area contributed by atoms with Crippen molar-refractivity contribution >= 4 is 6.03 Å². The van der Waals surface area contributed by atoms with Gasteiger partial charge >= 0.3 is 6.03 Å². The van der Waals surface area contributed by atoms with Gasteiger partial charge in [-0.2, -0.15) is 10.1 Å². The second-order valence-electron chi connectivity index (χ2n) is 5.39. The van der Waals surface area contributed by atoms with E-state index in [2.05, 4.69) is 25.5 Å². The van der Waals surface area contributed by atoms with Crippen molar-refractivity contribution in [3.05, 3.63) is 36.0 Å². The van der Waals surface area contributed by atoms with E-state index in [0.29, 0.717) is 11.7 Å². The molecule has 0 radical (unpaired) electrons. The lowest BCUT2D eigenvalue weighted by Crippen LogP contribution is -2.44. The van der Waals surface area contributed by atoms with E-state index in [1.807, 2.05) is 11.0 Å². The number of hydrogen-bond acceptors (Lipinski definition) is 5. The Labute approximate surface area is 134 Å². The van der Waals surface area contributed by atoms with Crippen molar-refractivity contribution in [1.29, 1.82) is 0 Å². The maximum absolute atomic E-state index is 12.5. The minimum Gasteiger partial charge on any atom is -0.481 e. The fourth-order valence-corrected chi connectivity index (χ4v) is 2.79. The third kappa shape index (κ3) is 3.58. The van der Waals surface area contributed by atoms with Gasteiger partial charge in [0.05, 0.1) is 25.4 Å². The zero-order valence-corrected chi connectivity index (χ0v) is 13.0. The highest BCUT2D eigenvalue weighted by Crippen LogP contribution is 2.29. The smallest absolute Gasteiger partial charge is 0.318 e. The van der Waals surface area contributed by atoms with Gasteiger partial charge in [-0.05, 0) is 25.3 Å². The first-order chi connectivity index (χ1) is 11.3. The number of amides is 2. The molecule has 0 bridgehead atoms. The number of methoxy groups -OCH3 is 1. The Balaban J connectivity index is 1.64. The van der Waals surface area contributed by atoms with Gasteiger partial charge in [0.2, 0.25) is 5.88 Å². The normalized spacial score (nSPS) is 17.8. The lowest BCUT2D eigenvalue weighted by molar-refractivity contribution is 0.149. The quantitative estimate of drug-likeness (QED) is 0.894. The molecule has 0 aromatic carbocycles. The Bertz CT molecular complexity index is 645. The maximum atomic E-state index is 12.5. The minimum atomic E-state index is -0.115. The Morgan fingerprint density at radius 2 is 2.35 bits per heavy atom. The monoisotopic (exact) mass is 316 g/mol. The summed E-state index contributed by atoms with van der Waals surface area (Å²) in [6, 6.07) is 3.51. The van der Waals surface area contributed by atoms with E-state index < -0.39 is 0 Å². The molecule has 23 heavy (non-hydrogen) atoms. The second-order valence-corrected chi connectivity index (χ2v) is 5.39. The van der Waals surface area contributed by atoms with Gasteiger partial charge in [0.25, 0.3) is 0 Å². The highest BCUT2D eigenvalue weighted by Gasteiger charge is 2.28. The number of nitrogens with one attached hydrogen (secondary N) is 2. The largest absolute Gasteiger partial charge is 0.481 e. The molecule has 2 aromatic heterocycles. The molecule has 122 valence electrons. The summed E-state index contributed by atoms with van der Waals surface area (Å²) in [6.45, 7) is 0.997. The number of carbonyl (C=O) groups excluding carboxylic acids is 1. The number of H-pyrrole nitrogens is 1. The Hall–Kier alpha value is -2.64. The number of aromatic nitrogens is 4. The molecule has 1 fully saturated rings. The number of carbonyl (C=O) groups is 1. The van der Waals surface area contributed by atoms with Crippen LogP contribution in [0.4, 0.5) is 4.79 Å². The van der Waals surface area contributed by atoms with Crippen LogP contribution in [0.3, 0.4) is 0 Å². The average molecular weight is 316 g/mol. The van der Waals surface area contributed by atoms with Crippen LogP contribution in [0.25, 0.3) is 0 Å². The van der Waals surface area contributed by atoms with E-state index >= 15 is 0 Å². The first-order valence-electron chi connectivity index (χ1n) is 7.67. The SMILES string of the molecule is COc1ccnc(CNC(=O)N2CCCC[C@H]2c2ccn[nH]2)n1. The number of rotatable bonds is 4. The Kier molecular flexibility index (Phi) is 4.70. The molecule has 1 aliphatic heterocycles. The number of ether oxygens (including phenoxy) is 1. The summed E-state index contributed by atoms with van der Waals surface area (Å²) in [6.07, 6.45) is 6.37. The lowest BCUT2D eigenvalue weighted by Gasteiger charge is -2.34. The van der Waals surface area contributed by atoms with Gasteiger partial charge in [-0.1, -0.05) is 0 Å². The number of urea groups is 1. The molecule has 0 unspecified atom stereocenters. The molecule has 0 spiro atoms. The summed E-state index contributed by atoms with van der Waals surface area (Å²) in [5, 5.41) is 9.84. The molecule has 1 saturated heterocycles. The van der Waals surface area contributed by atoms with Gasteiger partial charge < -0.3 is 15.0 Å². The zero-order chi connectivity index (χ0) is 16.1. The molecule has 0 saturated carbocycles. The van der Waals surface area contributed by atoms with Gasteiger partial charge in [0, 0.05) is 25.0 Å². The number of piperidine rings is 1. The molecular weight excluding hydrogens is 296 g/mol. The summed E-state index contributed by atoms with van der Waals surface area (Å²) < 4.78 is 5.06. The molecule has 1 aliphatic rings. The molecule has 2 N–H and O–H groups in total. The van der Waals surface area contributed by atoms with Gasteiger partial charge in [0.15, 0.2) is 5.82 Å². The van der Waals surface area contributed by atoms with E-state index in [1.54, 1.807) is 25.6 Å². The molecule has 3 heterocycles. The molecule has 8 heteroatoms. The summed E-state index contributed by atoms with van der Waals surface area (Å²) in [5.41, 5.74) is 0.970. The highest BCUT2D eigenvalue weighted by molar-refractivity contribution is 5.74. The molecule has 2 aromatic rings. The topological polar surface area (TPSA) is 96.0 Å². The lowest BCUT2D eigenvalue weighted by atomic mass is 10.00. The second kappa shape index (κ2) is 7.08. The number of likely N-dealkylation sites (tertiary alicyclic amines) is 1. The average Bonchev–Trinajstić information content (AvgIpc) is 3.14. The van der Waals surface area contributed by atoms with Crippen molar-refractivity contribution in [3.63, 3.8) is 0 Å². The van der Waals surface area contributed by atoms with E-state index in [1.165, 1.54) is 0 Å². The van der Waals surface area contributed by atoms with Crippen LogP contribution in [0.2, 0.25) is 0 Å². The third-order valence-corrected chi connectivity index (χ3v) is 3.93. The van der Waals surface area contributed by atoms with Crippen LogP contribution in [-0.2, 0) is 6.54 Å². The third-order valence-electron chi connectivity index (χ3n) is 3.93. The van der Waals surface area contributed by atoms with Gasteiger partial charge in [-0.15, -0.1) is 0 Å². The van der Waals surface area contributed by atoms with Crippen LogP contribution in [0.15, 0.2) is 24.5 Å². The first kappa shape index (κ1) is 15.3. The number of hydrogen-bond donors (Lipinski definition) is 2. The molecule has 3 rings (SSSR count). The van der Waals surface area contributed by atoms with Crippen LogP contribution in [-0.4, -0.2) is 44.8 Å². The van der Waals surface area contributed by atoms with E-state index in [9.17, 15) is 4.79 Å². The van der Waals surface area contributed by atoms with Crippen LogP contribution >= 0.6 is 0 Å². The van der Waals surface area contributed by atoms with Crippen LogP contribution in [0.1, 0.15) is 36.8 Å². The molecule has 8 nitrogen and oxygen atoms in total. The Morgan fingerprint density at radius 1 is 1.43 bits per heavy atom. The van der Waals surface area contributed by atoms with E-state index in [4.69, 9.17) is 4.74 Å². The Morgan fingerprint density at radius 3 is 3.13 bits per heavy atom. The molecule has 1 atom stereocenters. The fraction of sp³-hybridized carbons (Fsp3) is 0.467. The standard InChI is InChI=1S/C15H20N6O2/c1-23-14-6-7-16-13(19-14)10-17-15(22)21-9-3-2-4-12(21)11-5-8-18-20-11/h5-8,12H,2-4,9-10H2,1H3,(H,17,22)(H,18,20)/t12-/m0/s1. The van der Waals surface area contributed by atoms with E-state index in [-0.39, 0.29) is 18.6 Å². The predicted octanol–water partition coefficient (Wildman–Crippen LogP) is 1.65. The summed E-state index contributed by atoms with van der Waals surface area (Å²) >= 11 is 0. The van der Waals surface area contributed by atoms with Crippen LogP contribution in [0.5, 0.6) is 5.88 Å². The number of aromatic amines is 1. The van der Waals surface area contributed by atoms with E-state index in [0.717, 1.165) is 31.5 Å². The van der Waals surface area contributed by atoms with Crippen molar-refractivity contribution in [2.75, 3.05) is 13.7 Å². The summed E-state index contributed by atoms with van der Waals surface area (Å²) in [7, 11) is 1.55. The van der Waals surface area contributed by atoms with Crippen molar-refractivity contribution in [2.45, 2.75) is 31.8 Å². The minimum absolute atomic E-state index is 0.0393. The first-order valence-corrected chi connectivity index (χ1v) is 7.67. The van der Waals surface area contributed by atoms with Crippen LogP contribution in [0, 0.1) is 0 Å². The maximum Gasteiger partial charge on any atom is 0.318 e. The van der Waals surface area contributed by atoms with Crippen molar-refractivity contribution in [3.8, 4) is 5.88 Å². The van der Waals surface area contributed by atoms with Crippen molar-refractivity contribution in [1.82, 2.24) is 30.4 Å². The molecule has 0 aliphatic carbocycles. The fourth-order valence-electron chi connectivity index (χ4n) is 2.79. The zero-order valence-electron chi connectivity index (χ0n) is 13.0. The van der Waals surface area contributed by atoms with Crippen molar-refractivity contribution in [2.24, 2.45) is 0 Å². The summed E-state index contributed by atoms with van der Waals surface area (Å²) in [4.78, 5) is 22.7. The number of nitrogens with zero attached hydrogens (tertiary/aromatic N) is 4. The predicted molar refractivity (Wildman–Crippen MR) is 82.7 cm³/mol.